The van der Waals surface area contributed by atoms with Crippen molar-refractivity contribution in [1.82, 2.24) is 30.8 Å². The fourth-order valence-electron chi connectivity index (χ4n) is 5.09. The van der Waals surface area contributed by atoms with Crippen LogP contribution in [0.3, 0.4) is 0 Å². The number of hydrogen-bond acceptors (Lipinski definition) is 8. The third-order valence-electron chi connectivity index (χ3n) is 7.63. The van der Waals surface area contributed by atoms with Gasteiger partial charge in [0.2, 0.25) is 36.6 Å². The summed E-state index contributed by atoms with van der Waals surface area (Å²) in [7, 11) is 1.71. The highest BCUT2D eigenvalue weighted by Gasteiger charge is 2.22. The Bertz CT molecular complexity index is 1580. The number of carbonyl (C=O) groups is 5. The van der Waals surface area contributed by atoms with Crippen LogP contribution in [0.2, 0.25) is 0 Å². The quantitative estimate of drug-likeness (QED) is 0.109. The van der Waals surface area contributed by atoms with E-state index < -0.39 is 11.7 Å². The standard InChI is InChI=1S/C35H48N10O6/c1-6-7-8-26(31(49)43-29-21-37-28(20-38-29)25-15-17-45(18-16-25)33(36-5)41-23-47)11-14-30(48)42-27-12-9-24(10-13-27)19-39-32(40-22-46)44-34(50)51-35(2,3)4/h9-10,12-13,15,20-23,26H,6-8,11,14,16-19H2,1-5H3,(H,42,48)(H,36,41,47)(H,38,43,49)(H2,39,40,44,46,50). The van der Waals surface area contributed by atoms with Crippen molar-refractivity contribution in [2.24, 2.45) is 15.9 Å². The zero-order chi connectivity index (χ0) is 37.2. The summed E-state index contributed by atoms with van der Waals surface area (Å²) in [5.41, 5.74) is 2.40. The minimum atomic E-state index is -0.749. The fraction of sp³-hybridized carbons (Fsp3) is 0.457. The summed E-state index contributed by atoms with van der Waals surface area (Å²) in [6.07, 6.45) is 8.82. The van der Waals surface area contributed by atoms with Crippen molar-refractivity contribution in [3.8, 4) is 0 Å². The van der Waals surface area contributed by atoms with Gasteiger partial charge in [-0.3, -0.25) is 29.5 Å². The summed E-state index contributed by atoms with van der Waals surface area (Å²) >= 11 is 0. The largest absolute Gasteiger partial charge is 0.444 e. The van der Waals surface area contributed by atoms with Crippen LogP contribution in [0.4, 0.5) is 16.3 Å². The first-order chi connectivity index (χ1) is 24.4. The van der Waals surface area contributed by atoms with Crippen LogP contribution in [-0.2, 0) is 30.5 Å². The molecule has 51 heavy (non-hydrogen) atoms. The summed E-state index contributed by atoms with van der Waals surface area (Å²) < 4.78 is 5.18. The fourth-order valence-corrected chi connectivity index (χ4v) is 5.09. The van der Waals surface area contributed by atoms with Gasteiger partial charge in [-0.25, -0.2) is 9.78 Å². The first kappa shape index (κ1) is 39.8. The lowest BCUT2D eigenvalue weighted by Gasteiger charge is -2.28. The summed E-state index contributed by atoms with van der Waals surface area (Å²) in [5, 5.41) is 13.9. The number of aromatic nitrogens is 2. The second-order valence-electron chi connectivity index (χ2n) is 12.7. The summed E-state index contributed by atoms with van der Waals surface area (Å²) in [6.45, 7) is 8.67. The van der Waals surface area contributed by atoms with E-state index >= 15 is 0 Å². The van der Waals surface area contributed by atoms with E-state index in [4.69, 9.17) is 4.74 Å². The molecule has 1 aliphatic rings. The van der Waals surface area contributed by atoms with Gasteiger partial charge in [-0.1, -0.05) is 38.0 Å². The molecule has 1 aromatic carbocycles. The van der Waals surface area contributed by atoms with Gasteiger partial charge in [-0.15, -0.1) is 0 Å². The Morgan fingerprint density at radius 2 is 1.76 bits per heavy atom. The van der Waals surface area contributed by atoms with E-state index in [1.54, 1.807) is 58.3 Å². The minimum absolute atomic E-state index is 0.0559. The lowest BCUT2D eigenvalue weighted by Crippen LogP contribution is -2.43. The van der Waals surface area contributed by atoms with Crippen LogP contribution in [0, 0.1) is 5.92 Å². The molecule has 2 heterocycles. The molecule has 5 amide bonds. The Balaban J connectivity index is 1.50. The zero-order valence-electron chi connectivity index (χ0n) is 29.8. The summed E-state index contributed by atoms with van der Waals surface area (Å²) in [6, 6.07) is 7.03. The number of ether oxygens (including phenoxy) is 1. The van der Waals surface area contributed by atoms with Crippen LogP contribution in [0.5, 0.6) is 0 Å². The SMILES string of the molecule is CCCCC(CCC(=O)Nc1ccc(CN/C(=N/C=O)NC(=O)OC(C)(C)C)cc1)C(=O)Nc1cnc(C2=CCN(/C(=N\C=O)NC)CC2)cn1. The third-order valence-corrected chi connectivity index (χ3v) is 7.63. The highest BCUT2D eigenvalue weighted by atomic mass is 16.6. The van der Waals surface area contributed by atoms with Gasteiger partial charge in [0, 0.05) is 44.7 Å². The maximum absolute atomic E-state index is 13.2. The molecule has 0 aliphatic carbocycles. The predicted molar refractivity (Wildman–Crippen MR) is 194 cm³/mol. The van der Waals surface area contributed by atoms with Crippen molar-refractivity contribution in [2.45, 2.75) is 78.4 Å². The van der Waals surface area contributed by atoms with Gasteiger partial charge in [-0.2, -0.15) is 9.98 Å². The number of guanidine groups is 2. The topological polar surface area (TPSA) is 208 Å². The maximum Gasteiger partial charge on any atom is 0.414 e. The highest BCUT2D eigenvalue weighted by molar-refractivity contribution is 5.97. The van der Waals surface area contributed by atoms with E-state index in [0.717, 1.165) is 24.0 Å². The van der Waals surface area contributed by atoms with Crippen LogP contribution in [0.1, 0.15) is 77.5 Å². The number of alkyl carbamates (subject to hydrolysis) is 1. The van der Waals surface area contributed by atoms with Crippen LogP contribution in [0.25, 0.3) is 5.57 Å². The molecular weight excluding hydrogens is 656 g/mol. The average Bonchev–Trinajstić information content (AvgIpc) is 3.10. The van der Waals surface area contributed by atoms with E-state index in [2.05, 4.69) is 46.5 Å². The molecule has 1 atom stereocenters. The van der Waals surface area contributed by atoms with Crippen LogP contribution < -0.4 is 26.6 Å². The van der Waals surface area contributed by atoms with Crippen LogP contribution in [0.15, 0.2) is 52.7 Å². The van der Waals surface area contributed by atoms with E-state index in [-0.39, 0.29) is 36.7 Å². The number of hydrogen-bond donors (Lipinski definition) is 5. The number of carbonyl (C=O) groups excluding carboxylic acids is 5. The van der Waals surface area contributed by atoms with E-state index in [1.807, 2.05) is 17.9 Å². The van der Waals surface area contributed by atoms with Gasteiger partial charge in [0.15, 0.2) is 5.82 Å². The minimum Gasteiger partial charge on any atom is -0.444 e. The molecule has 1 unspecified atom stereocenters. The van der Waals surface area contributed by atoms with E-state index in [9.17, 15) is 24.0 Å². The molecule has 16 heteroatoms. The number of nitrogens with one attached hydrogen (secondary N) is 5. The Morgan fingerprint density at radius 3 is 2.35 bits per heavy atom. The Kier molecular flexibility index (Phi) is 15.7. The van der Waals surface area contributed by atoms with Crippen molar-refractivity contribution in [3.05, 3.63) is 54.0 Å². The van der Waals surface area contributed by atoms with Gasteiger partial charge in [0.25, 0.3) is 0 Å². The molecule has 3 rings (SSSR count). The number of anilines is 2. The molecular formula is C35H48N10O6. The first-order valence-electron chi connectivity index (χ1n) is 16.8. The second kappa shape index (κ2) is 20.1. The molecule has 0 saturated heterocycles. The van der Waals surface area contributed by atoms with Crippen molar-refractivity contribution in [1.29, 1.82) is 0 Å². The average molecular weight is 705 g/mol. The third kappa shape index (κ3) is 14.0. The highest BCUT2D eigenvalue weighted by Crippen LogP contribution is 2.22. The molecule has 0 saturated carbocycles. The Labute approximate surface area is 298 Å². The number of aliphatic imine (C=N–C) groups is 2. The van der Waals surface area contributed by atoms with Crippen LogP contribution in [-0.4, -0.2) is 83.3 Å². The molecule has 0 bridgehead atoms. The molecule has 0 radical (unpaired) electrons. The lowest BCUT2D eigenvalue weighted by atomic mass is 9.95. The van der Waals surface area contributed by atoms with Crippen molar-refractivity contribution in [2.75, 3.05) is 30.8 Å². The molecule has 0 fully saturated rings. The molecule has 2 aromatic rings. The van der Waals surface area contributed by atoms with E-state index in [0.29, 0.717) is 68.3 Å². The Hall–Kier alpha value is -5.67. The van der Waals surface area contributed by atoms with Crippen molar-refractivity contribution >= 4 is 59.7 Å². The smallest absolute Gasteiger partial charge is 0.414 e. The van der Waals surface area contributed by atoms with Crippen LogP contribution >= 0.6 is 0 Å². The number of benzene rings is 1. The van der Waals surface area contributed by atoms with Gasteiger partial charge < -0.3 is 30.9 Å². The monoisotopic (exact) mass is 704 g/mol. The molecule has 16 nitrogen and oxygen atoms in total. The number of amides is 5. The van der Waals surface area contributed by atoms with Gasteiger partial charge >= 0.3 is 6.09 Å². The molecule has 1 aliphatic heterocycles. The number of nitrogens with zero attached hydrogens (tertiary/aromatic N) is 5. The zero-order valence-corrected chi connectivity index (χ0v) is 29.8. The summed E-state index contributed by atoms with van der Waals surface area (Å²) in [5.74, 6) is -0.0322. The van der Waals surface area contributed by atoms with E-state index in [1.165, 1.54) is 6.20 Å². The van der Waals surface area contributed by atoms with Crippen molar-refractivity contribution in [3.63, 3.8) is 0 Å². The molecule has 274 valence electrons. The number of unbranched alkanes of at least 4 members (excludes halogenated alkanes) is 1. The first-order valence-corrected chi connectivity index (χ1v) is 16.8. The molecule has 5 N–H and O–H groups in total. The second-order valence-corrected chi connectivity index (χ2v) is 12.7. The van der Waals surface area contributed by atoms with Gasteiger partial charge in [0.05, 0.1) is 18.1 Å². The lowest BCUT2D eigenvalue weighted by molar-refractivity contribution is -0.121. The maximum atomic E-state index is 13.2. The molecule has 0 spiro atoms. The Morgan fingerprint density at radius 1 is 1.02 bits per heavy atom. The van der Waals surface area contributed by atoms with Gasteiger partial charge in [-0.05, 0) is 63.3 Å². The normalized spacial score (nSPS) is 14.1. The number of rotatable bonds is 14. The van der Waals surface area contributed by atoms with Crippen molar-refractivity contribution < 1.29 is 28.7 Å². The molecule has 1 aromatic heterocycles. The summed E-state index contributed by atoms with van der Waals surface area (Å²) in [4.78, 5) is 78.0. The van der Waals surface area contributed by atoms with Gasteiger partial charge in [0.1, 0.15) is 5.60 Å². The predicted octanol–water partition coefficient (Wildman–Crippen LogP) is 3.59.